The number of fused-ring (bicyclic) bond motifs is 1. The number of benzene rings is 2. The van der Waals surface area contributed by atoms with Crippen molar-refractivity contribution >= 4 is 29.1 Å². The molecule has 5 rings (SSSR count). The Labute approximate surface area is 189 Å². The van der Waals surface area contributed by atoms with E-state index in [2.05, 4.69) is 15.3 Å². The molecule has 3 heterocycles. The second-order valence-electron chi connectivity index (χ2n) is 8.03. The number of carbonyl (C=O) groups is 2. The maximum absolute atomic E-state index is 13.2. The van der Waals surface area contributed by atoms with Crippen LogP contribution in [0.15, 0.2) is 57.2 Å². The van der Waals surface area contributed by atoms with Gasteiger partial charge in [0.05, 0.1) is 12.2 Å². The number of aryl methyl sites for hydroxylation is 3. The van der Waals surface area contributed by atoms with Gasteiger partial charge in [0.1, 0.15) is 11.5 Å². The summed E-state index contributed by atoms with van der Waals surface area (Å²) in [4.78, 5) is 31.8. The second-order valence-corrected chi connectivity index (χ2v) is 8.43. The number of oxazole rings is 1. The minimum Gasteiger partial charge on any atom is -0.441 e. The van der Waals surface area contributed by atoms with Gasteiger partial charge < -0.3 is 4.42 Å². The normalized spacial score (nSPS) is 19.9. The lowest BCUT2D eigenvalue weighted by molar-refractivity contribution is -0.123. The van der Waals surface area contributed by atoms with Gasteiger partial charge >= 0.3 is 0 Å². The molecule has 0 aliphatic carbocycles. The zero-order valence-electron chi connectivity index (χ0n) is 17.7. The van der Waals surface area contributed by atoms with Crippen molar-refractivity contribution < 1.29 is 14.0 Å². The standard InChI is InChI=1S/C23H20ClN5O3/c1-12-4-7-15(8-5-12)21-25-18(14(3)32-21)11-28-20-19(26-27-28)22(30)29(23(20)31)16-9-6-13(2)17(24)10-16/h4-10,19-20H,11H2,1-3H3/t19-,20+/m0/s1. The zero-order valence-corrected chi connectivity index (χ0v) is 18.5. The first-order valence-electron chi connectivity index (χ1n) is 10.2. The molecule has 1 fully saturated rings. The van der Waals surface area contributed by atoms with E-state index in [-0.39, 0.29) is 12.5 Å². The van der Waals surface area contributed by atoms with Gasteiger partial charge in [0.25, 0.3) is 11.8 Å². The highest BCUT2D eigenvalue weighted by atomic mass is 35.5. The van der Waals surface area contributed by atoms with Crippen molar-refractivity contribution in [2.75, 3.05) is 4.90 Å². The van der Waals surface area contributed by atoms with Gasteiger partial charge in [-0.1, -0.05) is 40.6 Å². The summed E-state index contributed by atoms with van der Waals surface area (Å²) in [6, 6.07) is 11.3. The molecule has 2 aliphatic heterocycles. The lowest BCUT2D eigenvalue weighted by Gasteiger charge is -2.20. The molecule has 1 aromatic heterocycles. The minimum absolute atomic E-state index is 0.202. The van der Waals surface area contributed by atoms with Crippen LogP contribution in [0, 0.1) is 20.8 Å². The van der Waals surface area contributed by atoms with Crippen LogP contribution in [0.1, 0.15) is 22.6 Å². The first-order chi connectivity index (χ1) is 15.3. The number of amides is 2. The van der Waals surface area contributed by atoms with Gasteiger partial charge in [0.15, 0.2) is 12.1 Å². The van der Waals surface area contributed by atoms with Crippen molar-refractivity contribution in [3.8, 4) is 11.5 Å². The third kappa shape index (κ3) is 3.27. The van der Waals surface area contributed by atoms with Crippen LogP contribution in [-0.4, -0.2) is 33.9 Å². The lowest BCUT2D eigenvalue weighted by Crippen LogP contribution is -2.39. The Bertz CT molecular complexity index is 1270. The molecule has 2 aromatic carbocycles. The zero-order chi connectivity index (χ0) is 22.6. The Morgan fingerprint density at radius 2 is 1.78 bits per heavy atom. The number of hydrogen-bond donors (Lipinski definition) is 0. The average Bonchev–Trinajstić information content (AvgIpc) is 3.41. The molecule has 32 heavy (non-hydrogen) atoms. The maximum atomic E-state index is 13.2. The fourth-order valence-corrected chi connectivity index (χ4v) is 4.05. The summed E-state index contributed by atoms with van der Waals surface area (Å²) in [5, 5.41) is 10.2. The van der Waals surface area contributed by atoms with Crippen molar-refractivity contribution in [1.29, 1.82) is 0 Å². The molecular weight excluding hydrogens is 430 g/mol. The average molecular weight is 450 g/mol. The predicted octanol–water partition coefficient (Wildman–Crippen LogP) is 4.41. The van der Waals surface area contributed by atoms with Crippen LogP contribution in [0.25, 0.3) is 11.5 Å². The Kier molecular flexibility index (Phi) is 4.82. The van der Waals surface area contributed by atoms with Crippen molar-refractivity contribution in [2.45, 2.75) is 39.4 Å². The first-order valence-corrected chi connectivity index (χ1v) is 10.6. The van der Waals surface area contributed by atoms with E-state index in [1.807, 2.05) is 45.0 Å². The number of imide groups is 1. The minimum atomic E-state index is -0.883. The monoisotopic (exact) mass is 449 g/mol. The summed E-state index contributed by atoms with van der Waals surface area (Å²) in [6.07, 6.45) is 0. The topological polar surface area (TPSA) is 91.4 Å². The van der Waals surface area contributed by atoms with Crippen LogP contribution in [-0.2, 0) is 16.1 Å². The van der Waals surface area contributed by atoms with Gasteiger partial charge in [-0.3, -0.25) is 14.6 Å². The van der Waals surface area contributed by atoms with Gasteiger partial charge in [-0.15, -0.1) is 0 Å². The summed E-state index contributed by atoms with van der Waals surface area (Å²) < 4.78 is 5.84. The highest BCUT2D eigenvalue weighted by molar-refractivity contribution is 6.32. The fourth-order valence-electron chi connectivity index (χ4n) is 3.88. The van der Waals surface area contributed by atoms with E-state index >= 15 is 0 Å². The summed E-state index contributed by atoms with van der Waals surface area (Å²) in [6.45, 7) is 5.88. The summed E-state index contributed by atoms with van der Waals surface area (Å²) in [7, 11) is 0. The third-order valence-corrected chi connectivity index (χ3v) is 6.18. The Balaban J connectivity index is 1.39. The van der Waals surface area contributed by atoms with Crippen LogP contribution in [0.4, 0.5) is 5.69 Å². The van der Waals surface area contributed by atoms with Crippen LogP contribution in [0.2, 0.25) is 5.02 Å². The molecule has 162 valence electrons. The summed E-state index contributed by atoms with van der Waals surface area (Å²) in [5.41, 5.74) is 3.93. The molecule has 0 radical (unpaired) electrons. The van der Waals surface area contributed by atoms with Gasteiger partial charge in [0, 0.05) is 10.6 Å². The van der Waals surface area contributed by atoms with E-state index < -0.39 is 18.0 Å². The number of aromatic nitrogens is 1. The number of hydrogen-bond acceptors (Lipinski definition) is 7. The van der Waals surface area contributed by atoms with Crippen LogP contribution in [0.5, 0.6) is 0 Å². The van der Waals surface area contributed by atoms with Crippen molar-refractivity contribution in [1.82, 2.24) is 9.99 Å². The second kappa shape index (κ2) is 7.56. The SMILES string of the molecule is Cc1ccc(-c2nc(CN3N=N[C@@H]4C(=O)N(c5ccc(C)c(Cl)c5)C(=O)[C@@H]43)c(C)o2)cc1. The number of halogens is 1. The first kappa shape index (κ1) is 20.4. The third-order valence-electron chi connectivity index (χ3n) is 5.77. The highest BCUT2D eigenvalue weighted by Crippen LogP contribution is 2.34. The predicted molar refractivity (Wildman–Crippen MR) is 118 cm³/mol. The molecular formula is C23H20ClN5O3. The molecule has 8 nitrogen and oxygen atoms in total. The fraction of sp³-hybridized carbons (Fsp3) is 0.261. The summed E-state index contributed by atoms with van der Waals surface area (Å²) >= 11 is 6.20. The molecule has 2 atom stereocenters. The van der Waals surface area contributed by atoms with Gasteiger partial charge in [-0.05, 0) is 50.6 Å². The quantitative estimate of drug-likeness (QED) is 0.550. The van der Waals surface area contributed by atoms with E-state index in [1.165, 1.54) is 5.01 Å². The van der Waals surface area contributed by atoms with Crippen molar-refractivity contribution in [3.63, 3.8) is 0 Å². The molecule has 2 aliphatic rings. The largest absolute Gasteiger partial charge is 0.441 e. The number of carbonyl (C=O) groups excluding carboxylic acids is 2. The summed E-state index contributed by atoms with van der Waals surface area (Å²) in [5.74, 6) is 0.321. The van der Waals surface area contributed by atoms with Crippen LogP contribution >= 0.6 is 11.6 Å². The molecule has 0 spiro atoms. The Morgan fingerprint density at radius 3 is 2.50 bits per heavy atom. The lowest BCUT2D eigenvalue weighted by atomic mass is 10.1. The molecule has 9 heteroatoms. The van der Waals surface area contributed by atoms with Gasteiger partial charge in [-0.25, -0.2) is 9.88 Å². The van der Waals surface area contributed by atoms with Crippen molar-refractivity contribution in [3.05, 3.63) is 70.1 Å². The molecule has 0 saturated carbocycles. The van der Waals surface area contributed by atoms with Gasteiger partial charge in [-0.2, -0.15) is 5.11 Å². The molecule has 2 amide bonds. The molecule has 0 N–H and O–H groups in total. The van der Waals surface area contributed by atoms with E-state index in [4.69, 9.17) is 16.0 Å². The highest BCUT2D eigenvalue weighted by Gasteiger charge is 2.55. The van der Waals surface area contributed by atoms with E-state index in [1.54, 1.807) is 18.2 Å². The molecule has 0 bridgehead atoms. The molecule has 0 unspecified atom stereocenters. The van der Waals surface area contributed by atoms with E-state index in [9.17, 15) is 9.59 Å². The van der Waals surface area contributed by atoms with Crippen molar-refractivity contribution in [2.24, 2.45) is 10.3 Å². The van der Waals surface area contributed by atoms with E-state index in [0.29, 0.717) is 28.1 Å². The smallest absolute Gasteiger partial charge is 0.263 e. The number of anilines is 1. The Morgan fingerprint density at radius 1 is 1.03 bits per heavy atom. The molecule has 1 saturated heterocycles. The van der Waals surface area contributed by atoms with Gasteiger partial charge in [0.2, 0.25) is 5.89 Å². The number of rotatable bonds is 4. The van der Waals surface area contributed by atoms with E-state index in [0.717, 1.165) is 21.6 Å². The maximum Gasteiger partial charge on any atom is 0.263 e. The molecule has 3 aromatic rings. The van der Waals surface area contributed by atoms with Crippen LogP contribution in [0.3, 0.4) is 0 Å². The number of nitrogens with zero attached hydrogens (tertiary/aromatic N) is 5. The van der Waals surface area contributed by atoms with Crippen LogP contribution < -0.4 is 4.90 Å². The Hall–Kier alpha value is -3.52.